The van der Waals surface area contributed by atoms with Crippen LogP contribution < -0.4 is 4.90 Å². The van der Waals surface area contributed by atoms with Crippen molar-refractivity contribution in [1.29, 1.82) is 0 Å². The van der Waals surface area contributed by atoms with Crippen molar-refractivity contribution in [2.24, 2.45) is 0 Å². The minimum absolute atomic E-state index is 1.04. The summed E-state index contributed by atoms with van der Waals surface area (Å²) in [6.07, 6.45) is 1.81. The number of aryl methyl sites for hydroxylation is 3. The molecule has 0 saturated carbocycles. The summed E-state index contributed by atoms with van der Waals surface area (Å²) in [4.78, 5) is 9.47. The van der Waals surface area contributed by atoms with E-state index >= 15 is 0 Å². The molecule has 0 bridgehead atoms. The van der Waals surface area contributed by atoms with Crippen LogP contribution in [0.25, 0.3) is 10.9 Å². The largest absolute Gasteiger partial charge is 0.368 e. The van der Waals surface area contributed by atoms with Gasteiger partial charge < -0.3 is 4.90 Å². The highest BCUT2D eigenvalue weighted by Crippen LogP contribution is 2.26. The number of nitrogens with zero attached hydrogens (tertiary/aromatic N) is 3. The Kier molecular flexibility index (Phi) is 4.64. The van der Waals surface area contributed by atoms with E-state index in [0.29, 0.717) is 0 Å². The lowest BCUT2D eigenvalue weighted by molar-refractivity contribution is 0.249. The van der Waals surface area contributed by atoms with Gasteiger partial charge in [-0.1, -0.05) is 35.9 Å². The second-order valence-corrected chi connectivity index (χ2v) is 7.41. The van der Waals surface area contributed by atoms with E-state index in [0.717, 1.165) is 38.2 Å². The maximum absolute atomic E-state index is 4.44. The topological polar surface area (TPSA) is 19.4 Å². The van der Waals surface area contributed by atoms with Crippen molar-refractivity contribution in [1.82, 2.24) is 9.88 Å². The Morgan fingerprint density at radius 3 is 2.38 bits per heavy atom. The van der Waals surface area contributed by atoms with E-state index in [1.54, 1.807) is 0 Å². The summed E-state index contributed by atoms with van der Waals surface area (Å²) in [6, 6.07) is 16.3. The molecule has 0 unspecified atom stereocenters. The molecule has 1 fully saturated rings. The fraction of sp³-hybridized carbons (Fsp3) is 0.348. The van der Waals surface area contributed by atoms with Gasteiger partial charge in [-0.15, -0.1) is 0 Å². The summed E-state index contributed by atoms with van der Waals surface area (Å²) in [7, 11) is 0. The third-order valence-corrected chi connectivity index (χ3v) is 5.47. The van der Waals surface area contributed by atoms with Crippen LogP contribution in [0.15, 0.2) is 42.6 Å². The number of fused-ring (bicyclic) bond motifs is 1. The summed E-state index contributed by atoms with van der Waals surface area (Å²) in [5.74, 6) is 0. The van der Waals surface area contributed by atoms with Crippen LogP contribution in [0, 0.1) is 26.8 Å². The highest BCUT2D eigenvalue weighted by atomic mass is 15.3. The van der Waals surface area contributed by atoms with Crippen molar-refractivity contribution in [3.63, 3.8) is 0 Å². The molecule has 3 heteroatoms. The van der Waals surface area contributed by atoms with Crippen LogP contribution in [0.2, 0.25) is 0 Å². The molecule has 0 aliphatic carbocycles. The number of para-hydroxylation sites is 1. The van der Waals surface area contributed by atoms with Gasteiger partial charge in [-0.25, -0.2) is 0 Å². The Balaban J connectivity index is 1.48. The first kappa shape index (κ1) is 17.0. The van der Waals surface area contributed by atoms with E-state index in [-0.39, 0.29) is 0 Å². The fourth-order valence-corrected chi connectivity index (χ4v) is 4.10. The second-order valence-electron chi connectivity index (χ2n) is 7.41. The monoisotopic (exact) mass is 344 g/mol. The van der Waals surface area contributed by atoms with Crippen LogP contribution in [0.4, 0.5) is 5.69 Å². The molecule has 1 saturated heterocycles. The summed E-state index contributed by atoms with van der Waals surface area (Å²) < 4.78 is 0. The lowest BCUT2D eigenvalue weighted by Gasteiger charge is -2.37. The summed E-state index contributed by atoms with van der Waals surface area (Å²) in [5.41, 5.74) is 7.92. The molecule has 1 aliphatic rings. The van der Waals surface area contributed by atoms with Crippen LogP contribution in [0.1, 0.15) is 22.3 Å². The molecule has 2 aromatic carbocycles. The van der Waals surface area contributed by atoms with E-state index < -0.39 is 0 Å². The number of aromatic nitrogens is 1. The van der Waals surface area contributed by atoms with Gasteiger partial charge in [0.05, 0.1) is 11.2 Å². The maximum Gasteiger partial charge on any atom is 0.0723 e. The van der Waals surface area contributed by atoms with Crippen molar-refractivity contribution in [2.75, 3.05) is 31.1 Å². The Labute approximate surface area is 156 Å². The third kappa shape index (κ3) is 3.32. The molecule has 1 radical (unpaired) electrons. The van der Waals surface area contributed by atoms with Gasteiger partial charge in [-0.05, 0) is 43.5 Å². The number of piperazine rings is 1. The molecule has 1 aliphatic heterocycles. The molecule has 0 spiro atoms. The van der Waals surface area contributed by atoms with Crippen LogP contribution in [-0.2, 0) is 6.54 Å². The first-order valence-electron chi connectivity index (χ1n) is 9.41. The summed E-state index contributed by atoms with van der Waals surface area (Å²) >= 11 is 0. The highest BCUT2D eigenvalue weighted by molar-refractivity contribution is 5.91. The van der Waals surface area contributed by atoms with Crippen LogP contribution >= 0.6 is 0 Å². The zero-order valence-electron chi connectivity index (χ0n) is 15.9. The Bertz CT molecular complexity index is 895. The molecular weight excluding hydrogens is 318 g/mol. The van der Waals surface area contributed by atoms with E-state index in [4.69, 9.17) is 0 Å². The van der Waals surface area contributed by atoms with Crippen molar-refractivity contribution in [3.05, 3.63) is 70.9 Å². The molecule has 0 amide bonds. The molecule has 0 N–H and O–H groups in total. The normalized spacial score (nSPS) is 15.6. The number of hydrogen-bond donors (Lipinski definition) is 0. The van der Waals surface area contributed by atoms with E-state index in [1.807, 2.05) is 12.3 Å². The molecular formula is C23H26N3. The van der Waals surface area contributed by atoms with Gasteiger partial charge in [0.1, 0.15) is 0 Å². The lowest BCUT2D eigenvalue weighted by Crippen LogP contribution is -2.46. The zero-order chi connectivity index (χ0) is 18.1. The summed E-state index contributed by atoms with van der Waals surface area (Å²) in [6.45, 7) is 11.9. The van der Waals surface area contributed by atoms with E-state index in [1.165, 1.54) is 33.3 Å². The third-order valence-electron chi connectivity index (χ3n) is 5.47. The second kappa shape index (κ2) is 7.08. The van der Waals surface area contributed by atoms with Crippen molar-refractivity contribution in [2.45, 2.75) is 27.3 Å². The number of anilines is 1. The van der Waals surface area contributed by atoms with Gasteiger partial charge >= 0.3 is 0 Å². The molecule has 3 nitrogen and oxygen atoms in total. The lowest BCUT2D eigenvalue weighted by atomic mass is 9.99. The quantitative estimate of drug-likeness (QED) is 0.707. The highest BCUT2D eigenvalue weighted by Gasteiger charge is 2.20. The molecule has 3 aromatic rings. The smallest absolute Gasteiger partial charge is 0.0723 e. The number of pyridine rings is 1. The van der Waals surface area contributed by atoms with E-state index in [9.17, 15) is 0 Å². The van der Waals surface area contributed by atoms with Gasteiger partial charge in [-0.2, -0.15) is 0 Å². The Morgan fingerprint density at radius 2 is 1.65 bits per heavy atom. The fourth-order valence-electron chi connectivity index (χ4n) is 4.10. The standard InChI is InChI=1S/C23H26N3/c1-17-14-18(2)21(19(3)15-17)16-25-10-12-26(13-11-25)23-8-9-24-22-7-5-4-6-20(22)23/h4-7,9,14-15H,10-13,16H2,1-3H3. The number of rotatable bonds is 3. The predicted molar refractivity (Wildman–Crippen MR) is 109 cm³/mol. The van der Waals surface area contributed by atoms with Gasteiger partial charge in [0, 0.05) is 50.4 Å². The van der Waals surface area contributed by atoms with E-state index in [2.05, 4.69) is 72.0 Å². The summed E-state index contributed by atoms with van der Waals surface area (Å²) in [5, 5.41) is 1.20. The molecule has 0 atom stereocenters. The van der Waals surface area contributed by atoms with Gasteiger partial charge in [0.15, 0.2) is 0 Å². The first-order valence-corrected chi connectivity index (χ1v) is 9.41. The average molecular weight is 344 g/mol. The van der Waals surface area contributed by atoms with Crippen LogP contribution in [0.3, 0.4) is 0 Å². The van der Waals surface area contributed by atoms with Crippen molar-refractivity contribution < 1.29 is 0 Å². The molecule has 133 valence electrons. The Morgan fingerprint density at radius 1 is 0.962 bits per heavy atom. The Hall–Kier alpha value is -2.39. The molecule has 4 rings (SSSR count). The SMILES string of the molecule is Cc1cc(C)c(CN2CCN(c3[c]cnc4ccccc34)CC2)c(C)c1. The number of benzene rings is 2. The van der Waals surface area contributed by atoms with Gasteiger partial charge in [-0.3, -0.25) is 9.88 Å². The minimum Gasteiger partial charge on any atom is -0.368 e. The minimum atomic E-state index is 1.04. The average Bonchev–Trinajstić information content (AvgIpc) is 2.65. The number of hydrogen-bond acceptors (Lipinski definition) is 3. The first-order chi connectivity index (χ1) is 12.6. The molecule has 2 heterocycles. The van der Waals surface area contributed by atoms with Crippen molar-refractivity contribution >= 4 is 16.6 Å². The van der Waals surface area contributed by atoms with Crippen LogP contribution in [-0.4, -0.2) is 36.1 Å². The predicted octanol–water partition coefficient (Wildman–Crippen LogP) is 4.28. The van der Waals surface area contributed by atoms with Gasteiger partial charge in [0.2, 0.25) is 0 Å². The molecule has 1 aromatic heterocycles. The van der Waals surface area contributed by atoms with Crippen LogP contribution in [0.5, 0.6) is 0 Å². The maximum atomic E-state index is 4.44. The zero-order valence-corrected chi connectivity index (χ0v) is 15.9. The van der Waals surface area contributed by atoms with Gasteiger partial charge in [0.25, 0.3) is 0 Å². The van der Waals surface area contributed by atoms with Crippen molar-refractivity contribution in [3.8, 4) is 0 Å². The molecule has 26 heavy (non-hydrogen) atoms.